The second-order valence-corrected chi connectivity index (χ2v) is 16.2. The Kier molecular flexibility index (Phi) is 40.9. The highest BCUT2D eigenvalue weighted by molar-refractivity contribution is 4.81. The fraction of sp³-hybridized carbons (Fsp3) is 0.957. The zero-order valence-corrected chi connectivity index (χ0v) is 34.6. The average Bonchev–Trinajstić information content (AvgIpc) is 3.10. The Labute approximate surface area is 307 Å². The number of allylic oxidation sites excluding steroid dienone is 2. The van der Waals surface area contributed by atoms with Crippen LogP contribution < -0.4 is 0 Å². The smallest absolute Gasteiger partial charge is 0.0786 e. The molecule has 0 fully saturated rings. The summed E-state index contributed by atoms with van der Waals surface area (Å²) in [5.74, 6) is 0. The molecule has 0 bridgehead atoms. The molecule has 0 aromatic carbocycles. The second-order valence-electron chi connectivity index (χ2n) is 16.2. The zero-order valence-electron chi connectivity index (χ0n) is 34.6. The molecule has 0 radical (unpaired) electrons. The molecule has 0 rings (SSSR count). The Morgan fingerprint density at radius 2 is 0.438 bits per heavy atom. The van der Waals surface area contributed by atoms with Gasteiger partial charge in [0.1, 0.15) is 0 Å². The van der Waals surface area contributed by atoms with Gasteiger partial charge in [0.2, 0.25) is 0 Å². The summed E-state index contributed by atoms with van der Waals surface area (Å²) in [5.41, 5.74) is 0. The molecule has 0 aliphatic heterocycles. The van der Waals surface area contributed by atoms with Crippen LogP contribution in [0.3, 0.4) is 0 Å². The summed E-state index contributed by atoms with van der Waals surface area (Å²) in [6.45, 7) is 15.2. The van der Waals surface area contributed by atoms with Crippen molar-refractivity contribution in [1.29, 1.82) is 0 Å². The number of rotatable bonds is 42. The van der Waals surface area contributed by atoms with Crippen LogP contribution >= 0.6 is 0 Å². The lowest BCUT2D eigenvalue weighted by atomic mass is 10.0. The minimum Gasteiger partial charge on any atom is -0.324 e. The van der Waals surface area contributed by atoms with E-state index in [1.54, 1.807) is 0 Å². The van der Waals surface area contributed by atoms with E-state index in [-0.39, 0.29) is 0 Å². The van der Waals surface area contributed by atoms with E-state index in [1.807, 2.05) is 0 Å². The van der Waals surface area contributed by atoms with Crippen LogP contribution in [-0.4, -0.2) is 30.7 Å². The van der Waals surface area contributed by atoms with Gasteiger partial charge >= 0.3 is 0 Å². The molecule has 0 spiro atoms. The minimum absolute atomic E-state index is 1.31. The van der Waals surface area contributed by atoms with Gasteiger partial charge in [0.15, 0.2) is 0 Å². The molecule has 1 unspecified atom stereocenters. The zero-order chi connectivity index (χ0) is 34.9. The van der Waals surface area contributed by atoms with Gasteiger partial charge in [-0.3, -0.25) is 0 Å². The third-order valence-corrected chi connectivity index (χ3v) is 11.4. The Bertz CT molecular complexity index is 596. The normalized spacial score (nSPS) is 13.2. The van der Waals surface area contributed by atoms with Crippen LogP contribution in [0.2, 0.25) is 0 Å². The fourth-order valence-electron chi connectivity index (χ4n) is 7.91. The minimum atomic E-state index is 1.31. The van der Waals surface area contributed by atoms with E-state index < -0.39 is 0 Å². The van der Waals surface area contributed by atoms with Crippen molar-refractivity contribution in [3.05, 3.63) is 12.2 Å². The molecule has 0 heterocycles. The molecule has 0 aromatic heterocycles. The lowest BCUT2D eigenvalue weighted by Gasteiger charge is -2.39. The molecule has 0 saturated heterocycles. The van der Waals surface area contributed by atoms with Crippen LogP contribution in [-0.2, 0) is 0 Å². The van der Waals surface area contributed by atoms with E-state index >= 15 is 0 Å². The van der Waals surface area contributed by atoms with E-state index in [2.05, 4.69) is 39.8 Å². The maximum Gasteiger partial charge on any atom is 0.0786 e. The molecule has 0 aliphatic carbocycles. The lowest BCUT2D eigenvalue weighted by Crippen LogP contribution is -2.50. The van der Waals surface area contributed by atoms with Crippen LogP contribution in [0.15, 0.2) is 12.2 Å². The summed E-state index contributed by atoms with van der Waals surface area (Å²) in [5, 5.41) is 0. The molecule has 0 N–H and O–H groups in total. The van der Waals surface area contributed by atoms with Crippen molar-refractivity contribution in [3.8, 4) is 0 Å². The predicted octanol–water partition coefficient (Wildman–Crippen LogP) is 16.9. The first-order valence-electron chi connectivity index (χ1n) is 23.2. The van der Waals surface area contributed by atoms with Gasteiger partial charge in [0, 0.05) is 0 Å². The molecule has 48 heavy (non-hydrogen) atoms. The standard InChI is InChI=1S/C47H96N/c1-5-9-13-16-19-22-24-26-27-28-29-31-34-37-40-43-47-48(44-12-8-4,45-41-38-35-32-21-18-15-11-7-3)46-42-39-36-33-30-25-23-20-17-14-10-6-2/h26-27H,5-25,28-47H2,1-4H3/q+1. The SMILES string of the molecule is CCCCCCCCC=CCCCCCCCC[N+](CCCC)(CCCCCCCCCCC)CCCCCCCCCCCCCC. The highest BCUT2D eigenvalue weighted by atomic mass is 15.3. The van der Waals surface area contributed by atoms with Crippen LogP contribution in [0.25, 0.3) is 0 Å². The lowest BCUT2D eigenvalue weighted by molar-refractivity contribution is -0.929. The molecular formula is C47H96N+. The summed E-state index contributed by atoms with van der Waals surface area (Å²) < 4.78 is 1.46. The van der Waals surface area contributed by atoms with E-state index in [9.17, 15) is 0 Å². The Morgan fingerprint density at radius 3 is 0.708 bits per heavy atom. The van der Waals surface area contributed by atoms with Crippen molar-refractivity contribution in [3.63, 3.8) is 0 Å². The Morgan fingerprint density at radius 1 is 0.229 bits per heavy atom. The average molecular weight is 675 g/mol. The third-order valence-electron chi connectivity index (χ3n) is 11.4. The highest BCUT2D eigenvalue weighted by Crippen LogP contribution is 2.21. The van der Waals surface area contributed by atoms with Crippen molar-refractivity contribution in [2.24, 2.45) is 0 Å². The van der Waals surface area contributed by atoms with Crippen molar-refractivity contribution < 1.29 is 4.48 Å². The van der Waals surface area contributed by atoms with E-state index in [4.69, 9.17) is 0 Å². The summed E-state index contributed by atoms with van der Waals surface area (Å²) in [7, 11) is 0. The van der Waals surface area contributed by atoms with Crippen molar-refractivity contribution in [2.75, 3.05) is 26.2 Å². The topological polar surface area (TPSA) is 0 Å². The maximum atomic E-state index is 2.48. The molecule has 288 valence electrons. The first-order valence-corrected chi connectivity index (χ1v) is 23.2. The number of hydrogen-bond donors (Lipinski definition) is 0. The Balaban J connectivity index is 4.41. The molecule has 1 atom stereocenters. The Hall–Kier alpha value is -0.300. The number of unbranched alkanes of at least 4 members (excludes halogenated alkanes) is 32. The third kappa shape index (κ3) is 35.5. The van der Waals surface area contributed by atoms with Gasteiger partial charge in [-0.1, -0.05) is 207 Å². The number of quaternary nitrogens is 1. The van der Waals surface area contributed by atoms with Crippen molar-refractivity contribution in [2.45, 2.75) is 265 Å². The van der Waals surface area contributed by atoms with E-state index in [0.717, 1.165) is 0 Å². The second kappa shape index (κ2) is 41.1. The fourth-order valence-corrected chi connectivity index (χ4v) is 7.91. The summed E-state index contributed by atoms with van der Waals surface area (Å²) in [6.07, 6.45) is 58.3. The van der Waals surface area contributed by atoms with Crippen molar-refractivity contribution in [1.82, 2.24) is 0 Å². The number of nitrogens with zero attached hydrogens (tertiary/aromatic N) is 1. The number of hydrogen-bond acceptors (Lipinski definition) is 0. The first kappa shape index (κ1) is 47.7. The quantitative estimate of drug-likeness (QED) is 0.0343. The van der Waals surface area contributed by atoms with Crippen LogP contribution in [0.5, 0.6) is 0 Å². The van der Waals surface area contributed by atoms with E-state index in [0.29, 0.717) is 0 Å². The van der Waals surface area contributed by atoms with Crippen LogP contribution in [0.4, 0.5) is 0 Å². The van der Waals surface area contributed by atoms with Gasteiger partial charge in [0.25, 0.3) is 0 Å². The summed E-state index contributed by atoms with van der Waals surface area (Å²) >= 11 is 0. The molecule has 0 aromatic rings. The van der Waals surface area contributed by atoms with Gasteiger partial charge < -0.3 is 4.48 Å². The van der Waals surface area contributed by atoms with Crippen LogP contribution in [0, 0.1) is 0 Å². The monoisotopic (exact) mass is 675 g/mol. The largest absolute Gasteiger partial charge is 0.324 e. The molecule has 0 aliphatic rings. The molecular weight excluding hydrogens is 579 g/mol. The maximum absolute atomic E-state index is 2.48. The highest BCUT2D eigenvalue weighted by Gasteiger charge is 2.25. The summed E-state index contributed by atoms with van der Waals surface area (Å²) in [6, 6.07) is 0. The molecule has 0 saturated carbocycles. The van der Waals surface area contributed by atoms with Gasteiger partial charge in [-0.2, -0.15) is 0 Å². The summed E-state index contributed by atoms with van der Waals surface area (Å²) in [4.78, 5) is 0. The van der Waals surface area contributed by atoms with E-state index in [1.165, 1.54) is 268 Å². The molecule has 1 nitrogen and oxygen atoms in total. The van der Waals surface area contributed by atoms with Gasteiger partial charge in [-0.25, -0.2) is 0 Å². The first-order chi connectivity index (χ1) is 23.7. The van der Waals surface area contributed by atoms with Crippen molar-refractivity contribution >= 4 is 0 Å². The van der Waals surface area contributed by atoms with Gasteiger partial charge in [-0.15, -0.1) is 0 Å². The molecule has 0 amide bonds. The van der Waals surface area contributed by atoms with Gasteiger partial charge in [-0.05, 0) is 70.6 Å². The van der Waals surface area contributed by atoms with Gasteiger partial charge in [0.05, 0.1) is 26.2 Å². The van der Waals surface area contributed by atoms with Crippen LogP contribution in [0.1, 0.15) is 265 Å². The predicted molar refractivity (Wildman–Crippen MR) is 222 cm³/mol. The molecule has 1 heteroatoms.